The highest BCUT2D eigenvalue weighted by molar-refractivity contribution is 5.55. The highest BCUT2D eigenvalue weighted by Crippen LogP contribution is 2.20. The molecule has 0 spiro atoms. The number of aromatic nitrogens is 2. The Balaban J connectivity index is 1.69. The summed E-state index contributed by atoms with van der Waals surface area (Å²) in [7, 11) is 1.65. The number of methoxy groups -OCH3 is 1. The zero-order chi connectivity index (χ0) is 14.7. The number of ether oxygens (including phenoxy) is 1. The maximum absolute atomic E-state index is 5.37. The molecular formula is C15H20N4O2. The van der Waals surface area contributed by atoms with Gasteiger partial charge in [0.15, 0.2) is 0 Å². The van der Waals surface area contributed by atoms with E-state index in [0.717, 1.165) is 30.9 Å². The minimum atomic E-state index is 0.575. The van der Waals surface area contributed by atoms with Gasteiger partial charge in [-0.3, -0.25) is 4.90 Å². The van der Waals surface area contributed by atoms with Crippen LogP contribution in [0.15, 0.2) is 28.8 Å². The van der Waals surface area contributed by atoms with E-state index in [1.807, 2.05) is 24.3 Å². The van der Waals surface area contributed by atoms with Crippen LogP contribution in [0.2, 0.25) is 0 Å². The molecule has 0 radical (unpaired) electrons. The van der Waals surface area contributed by atoms with Gasteiger partial charge in [-0.15, -0.1) is 0 Å². The summed E-state index contributed by atoms with van der Waals surface area (Å²) in [6.45, 7) is 5.90. The smallest absolute Gasteiger partial charge is 0.241 e. The van der Waals surface area contributed by atoms with Gasteiger partial charge < -0.3 is 14.6 Å². The van der Waals surface area contributed by atoms with Gasteiger partial charge in [-0.1, -0.05) is 12.1 Å². The Morgan fingerprint density at radius 1 is 1.33 bits per heavy atom. The molecule has 0 bridgehead atoms. The maximum Gasteiger partial charge on any atom is 0.241 e. The molecule has 1 aromatic heterocycles. The predicted molar refractivity (Wildman–Crippen MR) is 79.0 cm³/mol. The number of hydrogen-bond acceptors (Lipinski definition) is 6. The van der Waals surface area contributed by atoms with Gasteiger partial charge in [0.2, 0.25) is 11.7 Å². The molecule has 0 atom stereocenters. The van der Waals surface area contributed by atoms with Crippen molar-refractivity contribution in [2.24, 2.45) is 0 Å². The van der Waals surface area contributed by atoms with Gasteiger partial charge in [0.25, 0.3) is 0 Å². The van der Waals surface area contributed by atoms with Crippen molar-refractivity contribution >= 4 is 0 Å². The lowest BCUT2D eigenvalue weighted by Crippen LogP contribution is -2.56. The zero-order valence-corrected chi connectivity index (χ0v) is 12.4. The molecule has 2 heterocycles. The van der Waals surface area contributed by atoms with Gasteiger partial charge in [0, 0.05) is 24.7 Å². The number of likely N-dealkylation sites (N-methyl/N-ethyl adjacent to an activating group) is 1. The first-order valence-electron chi connectivity index (χ1n) is 7.22. The first kappa shape index (κ1) is 14.0. The predicted octanol–water partition coefficient (Wildman–Crippen LogP) is 1.54. The molecule has 1 aromatic carbocycles. The van der Waals surface area contributed by atoms with Crippen molar-refractivity contribution in [3.05, 3.63) is 30.2 Å². The third-order valence-electron chi connectivity index (χ3n) is 3.84. The largest absolute Gasteiger partial charge is 0.497 e. The first-order valence-corrected chi connectivity index (χ1v) is 7.22. The summed E-state index contributed by atoms with van der Waals surface area (Å²) in [5.74, 6) is 2.10. The molecule has 0 amide bonds. The SMILES string of the molecule is CCN(Cc1nc(-c2ccc(OC)cc2)no1)C1CNC1. The molecule has 6 heteroatoms. The van der Waals surface area contributed by atoms with Crippen LogP contribution < -0.4 is 10.1 Å². The minimum absolute atomic E-state index is 0.575. The van der Waals surface area contributed by atoms with Gasteiger partial charge in [-0.2, -0.15) is 4.98 Å². The second-order valence-electron chi connectivity index (χ2n) is 5.12. The molecule has 0 aliphatic carbocycles. The molecule has 21 heavy (non-hydrogen) atoms. The molecule has 0 saturated carbocycles. The number of nitrogens with zero attached hydrogens (tertiary/aromatic N) is 3. The second-order valence-corrected chi connectivity index (χ2v) is 5.12. The standard InChI is InChI=1S/C15H20N4O2/c1-3-19(12-8-16-9-12)10-14-17-15(18-21-14)11-4-6-13(20-2)7-5-11/h4-7,12,16H,3,8-10H2,1-2H3. The van der Waals surface area contributed by atoms with Crippen LogP contribution in [0.1, 0.15) is 12.8 Å². The quantitative estimate of drug-likeness (QED) is 0.870. The van der Waals surface area contributed by atoms with E-state index in [1.54, 1.807) is 7.11 Å². The molecule has 2 aromatic rings. The molecule has 0 unspecified atom stereocenters. The Kier molecular flexibility index (Phi) is 4.17. The lowest BCUT2D eigenvalue weighted by molar-refractivity contribution is 0.129. The van der Waals surface area contributed by atoms with Crippen molar-refractivity contribution in [3.63, 3.8) is 0 Å². The molecule has 3 rings (SSSR count). The van der Waals surface area contributed by atoms with Gasteiger partial charge in [0.05, 0.1) is 13.7 Å². The fourth-order valence-corrected chi connectivity index (χ4v) is 2.38. The van der Waals surface area contributed by atoms with E-state index in [0.29, 0.717) is 24.3 Å². The summed E-state index contributed by atoms with van der Waals surface area (Å²) >= 11 is 0. The summed E-state index contributed by atoms with van der Waals surface area (Å²) in [4.78, 5) is 6.83. The van der Waals surface area contributed by atoms with E-state index in [4.69, 9.17) is 9.26 Å². The fraction of sp³-hybridized carbons (Fsp3) is 0.467. The maximum atomic E-state index is 5.37. The molecule has 1 fully saturated rings. The molecule has 1 N–H and O–H groups in total. The van der Waals surface area contributed by atoms with E-state index in [-0.39, 0.29) is 0 Å². The van der Waals surface area contributed by atoms with Crippen LogP contribution in [0, 0.1) is 0 Å². The van der Waals surface area contributed by atoms with E-state index in [1.165, 1.54) is 0 Å². The molecule has 1 aliphatic rings. The van der Waals surface area contributed by atoms with Crippen LogP contribution >= 0.6 is 0 Å². The van der Waals surface area contributed by atoms with Crippen molar-refractivity contribution in [3.8, 4) is 17.1 Å². The highest BCUT2D eigenvalue weighted by Gasteiger charge is 2.24. The van der Waals surface area contributed by atoms with E-state index >= 15 is 0 Å². The van der Waals surface area contributed by atoms with Crippen molar-refractivity contribution in [1.82, 2.24) is 20.4 Å². The van der Waals surface area contributed by atoms with Crippen LogP contribution in [0.4, 0.5) is 0 Å². The monoisotopic (exact) mass is 288 g/mol. The summed E-state index contributed by atoms with van der Waals surface area (Å²) in [5, 5.41) is 7.35. The second kappa shape index (κ2) is 6.24. The minimum Gasteiger partial charge on any atom is -0.497 e. The zero-order valence-electron chi connectivity index (χ0n) is 12.4. The van der Waals surface area contributed by atoms with Gasteiger partial charge in [0.1, 0.15) is 5.75 Å². The van der Waals surface area contributed by atoms with E-state index in [9.17, 15) is 0 Å². The lowest BCUT2D eigenvalue weighted by Gasteiger charge is -2.36. The van der Waals surface area contributed by atoms with Crippen molar-refractivity contribution in [1.29, 1.82) is 0 Å². The average molecular weight is 288 g/mol. The number of rotatable bonds is 6. The molecular weight excluding hydrogens is 268 g/mol. The van der Waals surface area contributed by atoms with Gasteiger partial charge >= 0.3 is 0 Å². The molecule has 1 aliphatic heterocycles. The normalized spacial score (nSPS) is 15.2. The van der Waals surface area contributed by atoms with Crippen LogP contribution in [-0.2, 0) is 6.54 Å². The van der Waals surface area contributed by atoms with Crippen LogP contribution in [0.25, 0.3) is 11.4 Å². The highest BCUT2D eigenvalue weighted by atomic mass is 16.5. The molecule has 1 saturated heterocycles. The van der Waals surface area contributed by atoms with E-state index < -0.39 is 0 Å². The average Bonchev–Trinajstić information content (AvgIpc) is 2.93. The summed E-state index contributed by atoms with van der Waals surface area (Å²) in [6.07, 6.45) is 0. The van der Waals surface area contributed by atoms with Gasteiger partial charge in [-0.25, -0.2) is 0 Å². The third kappa shape index (κ3) is 3.06. The van der Waals surface area contributed by atoms with Crippen molar-refractivity contribution < 1.29 is 9.26 Å². The topological polar surface area (TPSA) is 63.4 Å². The molecule has 112 valence electrons. The summed E-state index contributed by atoms with van der Waals surface area (Å²) < 4.78 is 10.5. The Morgan fingerprint density at radius 2 is 2.10 bits per heavy atom. The fourth-order valence-electron chi connectivity index (χ4n) is 2.38. The Morgan fingerprint density at radius 3 is 2.67 bits per heavy atom. The summed E-state index contributed by atoms with van der Waals surface area (Å²) in [5.41, 5.74) is 0.930. The first-order chi connectivity index (χ1) is 10.3. The number of hydrogen-bond donors (Lipinski definition) is 1. The van der Waals surface area contributed by atoms with E-state index in [2.05, 4.69) is 27.3 Å². The van der Waals surface area contributed by atoms with Gasteiger partial charge in [-0.05, 0) is 30.8 Å². The molecule has 6 nitrogen and oxygen atoms in total. The van der Waals surface area contributed by atoms with Crippen molar-refractivity contribution in [2.45, 2.75) is 19.5 Å². The third-order valence-corrected chi connectivity index (χ3v) is 3.84. The van der Waals surface area contributed by atoms with Crippen LogP contribution in [-0.4, -0.2) is 47.8 Å². The summed E-state index contributed by atoms with van der Waals surface area (Å²) in [6, 6.07) is 8.22. The Bertz CT molecular complexity index is 578. The Labute approximate surface area is 124 Å². The number of nitrogens with one attached hydrogen (secondary N) is 1. The van der Waals surface area contributed by atoms with Crippen molar-refractivity contribution in [2.75, 3.05) is 26.7 Å². The van der Waals surface area contributed by atoms with Crippen LogP contribution in [0.5, 0.6) is 5.75 Å². The van der Waals surface area contributed by atoms with Crippen LogP contribution in [0.3, 0.4) is 0 Å². The number of benzene rings is 1. The lowest BCUT2D eigenvalue weighted by atomic mass is 10.1. The Hall–Kier alpha value is -1.92.